The monoisotopic (exact) mass is 157 g/mol. The maximum atomic E-state index is 12.2. The Balaban J connectivity index is 2.66. The predicted octanol–water partition coefficient (Wildman–Crippen LogP) is 1.78. The normalized spacial score (nSPS) is 11.5. The fourth-order valence-corrected chi connectivity index (χ4v) is 0.868. The topological polar surface area (TPSA) is 26.0 Å². The van der Waals surface area contributed by atoms with Gasteiger partial charge >= 0.3 is 6.05 Å². The van der Waals surface area contributed by atoms with Gasteiger partial charge in [-0.15, -0.1) is 0 Å². The summed E-state index contributed by atoms with van der Waals surface area (Å²) >= 11 is 0. The lowest BCUT2D eigenvalue weighted by molar-refractivity contribution is 0.00872. The van der Waals surface area contributed by atoms with Gasteiger partial charge in [-0.25, -0.2) is 0 Å². The van der Waals surface area contributed by atoms with E-state index in [-0.39, 0.29) is 0 Å². The number of rotatable bonds is 2. The van der Waals surface area contributed by atoms with Gasteiger partial charge in [-0.1, -0.05) is 30.3 Å². The summed E-state index contributed by atoms with van der Waals surface area (Å²) in [5, 5.41) is 0. The Morgan fingerprint density at radius 1 is 1.18 bits per heavy atom. The van der Waals surface area contributed by atoms with Crippen molar-refractivity contribution in [3.8, 4) is 0 Å². The van der Waals surface area contributed by atoms with Crippen LogP contribution in [0.15, 0.2) is 30.3 Å². The van der Waals surface area contributed by atoms with Crippen LogP contribution in [0, 0.1) is 0 Å². The van der Waals surface area contributed by atoms with Crippen LogP contribution >= 0.6 is 0 Å². The number of hydrogen-bond donors (Lipinski definition) is 1. The SMILES string of the molecule is NC(F)(F)Cc1ccccc1. The molecule has 0 spiro atoms. The van der Waals surface area contributed by atoms with Gasteiger partial charge in [-0.05, 0) is 5.56 Å². The van der Waals surface area contributed by atoms with Crippen LogP contribution in [0.25, 0.3) is 0 Å². The van der Waals surface area contributed by atoms with Crippen LogP contribution in [0.1, 0.15) is 5.56 Å². The minimum atomic E-state index is -3.10. The molecule has 0 radical (unpaired) electrons. The van der Waals surface area contributed by atoms with Gasteiger partial charge in [-0.2, -0.15) is 8.78 Å². The van der Waals surface area contributed by atoms with Crippen molar-refractivity contribution in [2.75, 3.05) is 0 Å². The summed E-state index contributed by atoms with van der Waals surface area (Å²) < 4.78 is 24.4. The maximum absolute atomic E-state index is 12.2. The molecule has 1 aromatic carbocycles. The number of hydrogen-bond acceptors (Lipinski definition) is 1. The molecule has 0 aromatic heterocycles. The molecule has 0 bridgehead atoms. The Kier molecular flexibility index (Phi) is 2.19. The molecule has 0 amide bonds. The Morgan fingerprint density at radius 2 is 1.73 bits per heavy atom. The zero-order chi connectivity index (χ0) is 8.32. The average molecular weight is 157 g/mol. The second-order valence-corrected chi connectivity index (χ2v) is 2.42. The predicted molar refractivity (Wildman–Crippen MR) is 39.3 cm³/mol. The number of nitrogens with two attached hydrogens (primary N) is 1. The van der Waals surface area contributed by atoms with E-state index in [1.165, 1.54) is 0 Å². The molecule has 2 N–H and O–H groups in total. The zero-order valence-electron chi connectivity index (χ0n) is 5.93. The Hall–Kier alpha value is -0.960. The molecular formula is C8H9F2N. The summed E-state index contributed by atoms with van der Waals surface area (Å²) in [4.78, 5) is 0. The van der Waals surface area contributed by atoms with E-state index in [1.807, 2.05) is 0 Å². The van der Waals surface area contributed by atoms with Crippen LogP contribution in [0.3, 0.4) is 0 Å². The summed E-state index contributed by atoms with van der Waals surface area (Å²) in [6, 6.07) is 5.35. The lowest BCUT2D eigenvalue weighted by Gasteiger charge is -2.08. The van der Waals surface area contributed by atoms with E-state index in [2.05, 4.69) is 5.73 Å². The maximum Gasteiger partial charge on any atom is 0.304 e. The Morgan fingerprint density at radius 3 is 2.18 bits per heavy atom. The molecule has 3 heteroatoms. The molecule has 1 rings (SSSR count). The minimum absolute atomic E-state index is 0.395. The average Bonchev–Trinajstić information content (AvgIpc) is 1.85. The first kappa shape index (κ1) is 8.14. The molecular weight excluding hydrogens is 148 g/mol. The molecule has 0 atom stereocenters. The minimum Gasteiger partial charge on any atom is -0.272 e. The van der Waals surface area contributed by atoms with Gasteiger partial charge in [0.2, 0.25) is 0 Å². The first-order chi connectivity index (χ1) is 5.08. The Bertz CT molecular complexity index is 215. The fourth-order valence-electron chi connectivity index (χ4n) is 0.868. The third-order valence-electron chi connectivity index (χ3n) is 1.28. The van der Waals surface area contributed by atoms with Gasteiger partial charge in [0, 0.05) is 0 Å². The molecule has 11 heavy (non-hydrogen) atoms. The first-order valence-electron chi connectivity index (χ1n) is 3.28. The van der Waals surface area contributed by atoms with Crippen LogP contribution < -0.4 is 5.73 Å². The standard InChI is InChI=1S/C8H9F2N/c9-8(10,11)6-7-4-2-1-3-5-7/h1-5H,6,11H2. The summed E-state index contributed by atoms with van der Waals surface area (Å²) in [5.74, 6) is 0. The molecule has 1 nitrogen and oxygen atoms in total. The molecule has 0 aliphatic heterocycles. The van der Waals surface area contributed by atoms with Gasteiger partial charge in [-0.3, -0.25) is 5.73 Å². The highest BCUT2D eigenvalue weighted by Crippen LogP contribution is 2.12. The summed E-state index contributed by atoms with van der Waals surface area (Å²) in [7, 11) is 0. The third-order valence-corrected chi connectivity index (χ3v) is 1.28. The molecule has 0 saturated carbocycles. The van der Waals surface area contributed by atoms with E-state index >= 15 is 0 Å². The van der Waals surface area contributed by atoms with Crippen LogP contribution in [0.5, 0.6) is 0 Å². The highest BCUT2D eigenvalue weighted by atomic mass is 19.3. The number of alkyl halides is 2. The zero-order valence-corrected chi connectivity index (χ0v) is 5.93. The molecule has 0 unspecified atom stereocenters. The third kappa shape index (κ3) is 3.09. The highest BCUT2D eigenvalue weighted by Gasteiger charge is 2.21. The summed E-state index contributed by atoms with van der Waals surface area (Å²) in [5.41, 5.74) is 5.09. The Labute approximate surface area is 63.8 Å². The van der Waals surface area contributed by atoms with E-state index < -0.39 is 12.5 Å². The fraction of sp³-hybridized carbons (Fsp3) is 0.250. The van der Waals surface area contributed by atoms with Crippen molar-refractivity contribution in [1.29, 1.82) is 0 Å². The molecule has 0 fully saturated rings. The lowest BCUT2D eigenvalue weighted by Crippen LogP contribution is -2.30. The summed E-state index contributed by atoms with van der Waals surface area (Å²) in [6.07, 6.45) is -0.395. The van der Waals surface area contributed by atoms with E-state index in [1.54, 1.807) is 30.3 Å². The largest absolute Gasteiger partial charge is 0.304 e. The van der Waals surface area contributed by atoms with E-state index in [4.69, 9.17) is 0 Å². The van der Waals surface area contributed by atoms with Crippen molar-refractivity contribution < 1.29 is 8.78 Å². The number of benzene rings is 1. The van der Waals surface area contributed by atoms with Gasteiger partial charge < -0.3 is 0 Å². The van der Waals surface area contributed by atoms with Crippen LogP contribution in [0.2, 0.25) is 0 Å². The van der Waals surface area contributed by atoms with Crippen molar-refractivity contribution in [2.45, 2.75) is 12.5 Å². The first-order valence-corrected chi connectivity index (χ1v) is 3.28. The smallest absolute Gasteiger partial charge is 0.272 e. The van der Waals surface area contributed by atoms with Crippen molar-refractivity contribution in [3.63, 3.8) is 0 Å². The molecule has 1 aromatic rings. The van der Waals surface area contributed by atoms with Crippen molar-refractivity contribution in [2.24, 2.45) is 5.73 Å². The molecule has 0 aliphatic rings. The van der Waals surface area contributed by atoms with Crippen LogP contribution in [-0.4, -0.2) is 6.05 Å². The van der Waals surface area contributed by atoms with Crippen LogP contribution in [0.4, 0.5) is 8.78 Å². The highest BCUT2D eigenvalue weighted by molar-refractivity contribution is 5.15. The van der Waals surface area contributed by atoms with Crippen LogP contribution in [-0.2, 0) is 6.42 Å². The van der Waals surface area contributed by atoms with E-state index in [0.29, 0.717) is 5.56 Å². The van der Waals surface area contributed by atoms with Crippen molar-refractivity contribution >= 4 is 0 Å². The lowest BCUT2D eigenvalue weighted by atomic mass is 10.1. The molecule has 0 aliphatic carbocycles. The van der Waals surface area contributed by atoms with Crippen molar-refractivity contribution in [3.05, 3.63) is 35.9 Å². The molecule has 0 heterocycles. The molecule has 60 valence electrons. The van der Waals surface area contributed by atoms with Gasteiger partial charge in [0.1, 0.15) is 0 Å². The van der Waals surface area contributed by atoms with E-state index in [0.717, 1.165) is 0 Å². The van der Waals surface area contributed by atoms with Gasteiger partial charge in [0.25, 0.3) is 0 Å². The quantitative estimate of drug-likeness (QED) is 0.650. The second-order valence-electron chi connectivity index (χ2n) is 2.42. The molecule has 0 saturated heterocycles. The van der Waals surface area contributed by atoms with Crippen molar-refractivity contribution in [1.82, 2.24) is 0 Å². The second kappa shape index (κ2) is 2.96. The van der Waals surface area contributed by atoms with Gasteiger partial charge in [0.05, 0.1) is 6.42 Å². The van der Waals surface area contributed by atoms with Gasteiger partial charge in [0.15, 0.2) is 0 Å². The number of halogens is 2. The summed E-state index contributed by atoms with van der Waals surface area (Å²) in [6.45, 7) is 0. The van der Waals surface area contributed by atoms with E-state index in [9.17, 15) is 8.78 Å².